The number of aryl methyl sites for hydroxylation is 4. The third kappa shape index (κ3) is 6.45. The minimum atomic E-state index is 0. The van der Waals surface area contributed by atoms with Gasteiger partial charge < -0.3 is 19.8 Å². The summed E-state index contributed by atoms with van der Waals surface area (Å²) < 4.78 is 4.47. The van der Waals surface area contributed by atoms with Gasteiger partial charge in [0.15, 0.2) is 5.96 Å². The van der Waals surface area contributed by atoms with E-state index in [1.54, 1.807) is 0 Å². The fraction of sp³-hybridized carbons (Fsp3) is 0.476. The molecule has 29 heavy (non-hydrogen) atoms. The number of benzene rings is 1. The maximum Gasteiger partial charge on any atom is 0.190 e. The molecule has 0 unspecified atom stereocenters. The molecule has 7 nitrogen and oxygen atoms in total. The summed E-state index contributed by atoms with van der Waals surface area (Å²) in [4.78, 5) is 13.2. The van der Waals surface area contributed by atoms with Gasteiger partial charge in [-0.1, -0.05) is 12.1 Å². The van der Waals surface area contributed by atoms with Crippen LogP contribution in [-0.2, 0) is 13.1 Å². The lowest BCUT2D eigenvalue weighted by atomic mass is 10.3. The lowest BCUT2D eigenvalue weighted by Gasteiger charge is -2.13. The van der Waals surface area contributed by atoms with E-state index in [1.807, 2.05) is 32.4 Å². The summed E-state index contributed by atoms with van der Waals surface area (Å²) in [5.74, 6) is 3.01. The maximum absolute atomic E-state index is 4.63. The predicted molar refractivity (Wildman–Crippen MR) is 130 cm³/mol. The largest absolute Gasteiger partial charge is 0.356 e. The average Bonchev–Trinajstić information content (AvgIpc) is 3.25. The zero-order valence-corrected chi connectivity index (χ0v) is 19.9. The number of aromatic nitrogens is 4. The van der Waals surface area contributed by atoms with Gasteiger partial charge in [-0.3, -0.25) is 4.99 Å². The molecule has 0 radical (unpaired) electrons. The molecule has 8 heteroatoms. The summed E-state index contributed by atoms with van der Waals surface area (Å²) in [6, 6.07) is 8.30. The number of imidazole rings is 2. The van der Waals surface area contributed by atoms with E-state index in [4.69, 9.17) is 0 Å². The molecule has 2 N–H and O–H groups in total. The number of fused-ring (bicyclic) bond motifs is 1. The zero-order valence-electron chi connectivity index (χ0n) is 17.6. The fourth-order valence-electron chi connectivity index (χ4n) is 3.40. The highest BCUT2D eigenvalue weighted by Gasteiger charge is 2.06. The van der Waals surface area contributed by atoms with Crippen LogP contribution in [0.3, 0.4) is 0 Å². The van der Waals surface area contributed by atoms with Crippen LogP contribution in [0.25, 0.3) is 11.0 Å². The van der Waals surface area contributed by atoms with Crippen molar-refractivity contribution in [1.82, 2.24) is 29.7 Å². The van der Waals surface area contributed by atoms with Gasteiger partial charge >= 0.3 is 0 Å². The average molecular weight is 509 g/mol. The normalized spacial score (nSPS) is 11.5. The first-order chi connectivity index (χ1) is 13.7. The predicted octanol–water partition coefficient (Wildman–Crippen LogP) is 3.50. The Morgan fingerprint density at radius 3 is 2.48 bits per heavy atom. The summed E-state index contributed by atoms with van der Waals surface area (Å²) in [6.45, 7) is 7.86. The summed E-state index contributed by atoms with van der Waals surface area (Å²) >= 11 is 0. The van der Waals surface area contributed by atoms with Gasteiger partial charge in [-0.05, 0) is 45.2 Å². The Bertz CT molecular complexity index is 913. The molecule has 0 aliphatic rings. The van der Waals surface area contributed by atoms with E-state index in [-0.39, 0.29) is 24.0 Å². The number of aliphatic imine (C=N–C) groups is 1. The molecule has 0 fully saturated rings. The lowest BCUT2D eigenvalue weighted by Crippen LogP contribution is -2.38. The van der Waals surface area contributed by atoms with Gasteiger partial charge in [0, 0.05) is 45.6 Å². The highest BCUT2D eigenvalue weighted by Crippen LogP contribution is 2.15. The molecule has 2 aromatic heterocycles. The summed E-state index contributed by atoms with van der Waals surface area (Å²) in [5, 5.41) is 6.80. The van der Waals surface area contributed by atoms with Crippen LogP contribution in [0.5, 0.6) is 0 Å². The summed E-state index contributed by atoms with van der Waals surface area (Å²) in [5.41, 5.74) is 2.27. The minimum absolute atomic E-state index is 0. The van der Waals surface area contributed by atoms with Gasteiger partial charge in [0.1, 0.15) is 11.6 Å². The van der Waals surface area contributed by atoms with Gasteiger partial charge in [-0.15, -0.1) is 24.0 Å². The van der Waals surface area contributed by atoms with Crippen molar-refractivity contribution < 1.29 is 0 Å². The van der Waals surface area contributed by atoms with Crippen molar-refractivity contribution in [1.29, 1.82) is 0 Å². The SMILES string of the molecule is CN=C(NCCCCn1ccnc1C)NCCCn1c(C)nc2ccccc21.I. The number of hydrogen-bond donors (Lipinski definition) is 2. The van der Waals surface area contributed by atoms with E-state index in [9.17, 15) is 0 Å². The van der Waals surface area contributed by atoms with E-state index >= 15 is 0 Å². The Morgan fingerprint density at radius 1 is 1.00 bits per heavy atom. The van der Waals surface area contributed by atoms with E-state index < -0.39 is 0 Å². The monoisotopic (exact) mass is 509 g/mol. The second-order valence-electron chi connectivity index (χ2n) is 6.95. The Hall–Kier alpha value is -2.10. The molecule has 0 aliphatic carbocycles. The van der Waals surface area contributed by atoms with E-state index in [2.05, 4.69) is 59.9 Å². The fourth-order valence-corrected chi connectivity index (χ4v) is 3.40. The molecular weight excluding hydrogens is 477 g/mol. The third-order valence-electron chi connectivity index (χ3n) is 4.96. The maximum atomic E-state index is 4.63. The number of guanidine groups is 1. The van der Waals surface area contributed by atoms with Gasteiger partial charge in [-0.2, -0.15) is 0 Å². The smallest absolute Gasteiger partial charge is 0.190 e. The molecule has 0 amide bonds. The van der Waals surface area contributed by atoms with Crippen LogP contribution >= 0.6 is 24.0 Å². The van der Waals surface area contributed by atoms with E-state index in [0.29, 0.717) is 0 Å². The second kappa shape index (κ2) is 11.8. The van der Waals surface area contributed by atoms with Crippen LogP contribution in [-0.4, -0.2) is 45.2 Å². The molecule has 0 aliphatic heterocycles. The van der Waals surface area contributed by atoms with Crippen LogP contribution in [0, 0.1) is 13.8 Å². The highest BCUT2D eigenvalue weighted by molar-refractivity contribution is 14.0. The first kappa shape index (κ1) is 23.2. The standard InChI is InChI=1S/C21H31N7.HI/c1-17-23-13-16-27(17)14-7-6-11-24-21(22-3)25-12-8-15-28-18(2)26-19-9-4-5-10-20(19)28;/h4-5,9-10,13,16H,6-8,11-12,14-15H2,1-3H3,(H2,22,24,25);1H. The highest BCUT2D eigenvalue weighted by atomic mass is 127. The number of hydrogen-bond acceptors (Lipinski definition) is 3. The number of unbranched alkanes of at least 4 members (excludes halogenated alkanes) is 1. The molecule has 2 heterocycles. The van der Waals surface area contributed by atoms with Gasteiger partial charge in [0.2, 0.25) is 0 Å². The molecule has 3 aromatic rings. The van der Waals surface area contributed by atoms with Crippen LogP contribution in [0.4, 0.5) is 0 Å². The minimum Gasteiger partial charge on any atom is -0.356 e. The number of halogens is 1. The van der Waals surface area contributed by atoms with Crippen LogP contribution < -0.4 is 10.6 Å². The number of nitrogens with one attached hydrogen (secondary N) is 2. The molecule has 158 valence electrons. The molecule has 3 rings (SSSR count). The first-order valence-corrected chi connectivity index (χ1v) is 10.0. The Labute approximate surface area is 190 Å². The summed E-state index contributed by atoms with van der Waals surface area (Å²) in [7, 11) is 1.82. The van der Waals surface area contributed by atoms with E-state index in [1.165, 1.54) is 5.52 Å². The van der Waals surface area contributed by atoms with Crippen molar-refractivity contribution in [3.05, 3.63) is 48.3 Å². The van der Waals surface area contributed by atoms with Gasteiger partial charge in [0.05, 0.1) is 11.0 Å². The van der Waals surface area contributed by atoms with Crippen molar-refractivity contribution in [3.8, 4) is 0 Å². The molecular formula is C21H32IN7. The van der Waals surface area contributed by atoms with Crippen molar-refractivity contribution in [2.75, 3.05) is 20.1 Å². The van der Waals surface area contributed by atoms with Crippen LogP contribution in [0.15, 0.2) is 41.7 Å². The first-order valence-electron chi connectivity index (χ1n) is 10.0. The Kier molecular flexibility index (Phi) is 9.43. The van der Waals surface area contributed by atoms with Crippen molar-refractivity contribution in [3.63, 3.8) is 0 Å². The summed E-state index contributed by atoms with van der Waals surface area (Å²) in [6.07, 6.45) is 7.12. The Morgan fingerprint density at radius 2 is 1.76 bits per heavy atom. The van der Waals surface area contributed by atoms with Crippen molar-refractivity contribution >= 4 is 41.0 Å². The van der Waals surface area contributed by atoms with E-state index in [0.717, 1.165) is 68.6 Å². The number of nitrogens with zero attached hydrogens (tertiary/aromatic N) is 5. The topological polar surface area (TPSA) is 72.1 Å². The van der Waals surface area contributed by atoms with Gasteiger partial charge in [-0.25, -0.2) is 9.97 Å². The molecule has 1 aromatic carbocycles. The van der Waals surface area contributed by atoms with Crippen molar-refractivity contribution in [2.45, 2.75) is 46.2 Å². The molecule has 0 saturated carbocycles. The van der Waals surface area contributed by atoms with Crippen LogP contribution in [0.1, 0.15) is 30.9 Å². The zero-order chi connectivity index (χ0) is 19.8. The number of rotatable bonds is 9. The van der Waals surface area contributed by atoms with Crippen LogP contribution in [0.2, 0.25) is 0 Å². The quantitative estimate of drug-likeness (QED) is 0.201. The number of para-hydroxylation sites is 2. The molecule has 0 spiro atoms. The second-order valence-corrected chi connectivity index (χ2v) is 6.95. The van der Waals surface area contributed by atoms with Gasteiger partial charge in [0.25, 0.3) is 0 Å². The van der Waals surface area contributed by atoms with Crippen molar-refractivity contribution in [2.24, 2.45) is 4.99 Å². The molecule has 0 bridgehead atoms. The lowest BCUT2D eigenvalue weighted by molar-refractivity contribution is 0.585. The molecule has 0 saturated heterocycles. The third-order valence-corrected chi connectivity index (χ3v) is 4.96. The Balaban J connectivity index is 0.00000300. The molecule has 0 atom stereocenters.